The van der Waals surface area contributed by atoms with Crippen LogP contribution in [0.1, 0.15) is 17.5 Å². The molecule has 3 fully saturated rings. The summed E-state index contributed by atoms with van der Waals surface area (Å²) in [5.74, 6) is 0.967. The Morgan fingerprint density at radius 1 is 0.873 bits per heavy atom. The molecule has 3 aliphatic heterocycles. The highest BCUT2D eigenvalue weighted by Crippen LogP contribution is 2.36. The van der Waals surface area contributed by atoms with E-state index in [0.29, 0.717) is 96.1 Å². The van der Waals surface area contributed by atoms with Crippen molar-refractivity contribution in [1.82, 2.24) is 24.8 Å². The number of nitrogens with one attached hydrogen (secondary N) is 1. The van der Waals surface area contributed by atoms with Gasteiger partial charge in [0.15, 0.2) is 0 Å². The average Bonchev–Trinajstić information content (AvgIpc) is 3.18. The molecule has 0 bridgehead atoms. The highest BCUT2D eigenvalue weighted by atomic mass is 32.2. The van der Waals surface area contributed by atoms with Gasteiger partial charge in [-0.1, -0.05) is 48.0 Å². The maximum absolute atomic E-state index is 14.1. The van der Waals surface area contributed by atoms with Crippen LogP contribution in [0.3, 0.4) is 0 Å². The number of hydrogen-bond acceptors (Lipinski definition) is 14. The lowest BCUT2D eigenvalue weighted by Crippen LogP contribution is -2.53. The molecule has 4 heterocycles. The summed E-state index contributed by atoms with van der Waals surface area (Å²) in [7, 11) is -4.07. The minimum absolute atomic E-state index is 0.00627. The summed E-state index contributed by atoms with van der Waals surface area (Å²) in [5.41, 5.74) is 14.9. The molecule has 7 rings (SSSR count). The third-order valence-electron chi connectivity index (χ3n) is 10.1. The van der Waals surface area contributed by atoms with Crippen LogP contribution < -0.4 is 30.9 Å². The van der Waals surface area contributed by atoms with Gasteiger partial charge in [-0.2, -0.15) is 15.0 Å². The largest absolute Gasteiger partial charge is 0.506 e. The molecule has 2 atom stereocenters. The Morgan fingerprint density at radius 2 is 1.53 bits per heavy atom. The van der Waals surface area contributed by atoms with Crippen molar-refractivity contribution in [1.29, 1.82) is 0 Å². The minimum Gasteiger partial charge on any atom is -0.506 e. The van der Waals surface area contributed by atoms with Crippen LogP contribution in [-0.2, 0) is 26.1 Å². The lowest BCUT2D eigenvalue weighted by molar-refractivity contribution is -0.136. The highest BCUT2D eigenvalue weighted by Gasteiger charge is 2.30. The predicted molar refractivity (Wildman–Crippen MR) is 211 cm³/mol. The number of aromatic nitrogens is 3. The number of nitrogens with two attached hydrogens (primary N) is 2. The lowest BCUT2D eigenvalue weighted by atomic mass is 10.0. The number of sulfonamides is 1. The lowest BCUT2D eigenvalue weighted by Gasteiger charge is -2.37. The Balaban J connectivity index is 1.14. The Labute approximate surface area is 321 Å². The van der Waals surface area contributed by atoms with Crippen molar-refractivity contribution in [2.24, 2.45) is 11.5 Å². The molecule has 4 aromatic rings. The molecule has 292 valence electrons. The van der Waals surface area contributed by atoms with Gasteiger partial charge in [-0.25, -0.2) is 8.42 Å². The van der Waals surface area contributed by atoms with E-state index in [1.165, 1.54) is 10.4 Å². The number of rotatable bonds is 11. The van der Waals surface area contributed by atoms with Crippen LogP contribution in [0, 0.1) is 6.92 Å². The maximum atomic E-state index is 14.1. The zero-order valence-electron chi connectivity index (χ0n) is 31.0. The number of carbonyl (C=O) groups excluding carboxylic acids is 1. The quantitative estimate of drug-likeness (QED) is 0.172. The van der Waals surface area contributed by atoms with E-state index in [9.17, 15) is 18.3 Å². The Bertz CT molecular complexity index is 2030. The zero-order valence-corrected chi connectivity index (χ0v) is 31.8. The number of benzene rings is 3. The van der Waals surface area contributed by atoms with Gasteiger partial charge in [-0.15, -0.1) is 0 Å². The third kappa shape index (κ3) is 9.25. The monoisotopic (exact) mass is 771 g/mol. The van der Waals surface area contributed by atoms with E-state index in [4.69, 9.17) is 31.2 Å². The van der Waals surface area contributed by atoms with Crippen molar-refractivity contribution in [2.45, 2.75) is 36.9 Å². The van der Waals surface area contributed by atoms with Crippen LogP contribution >= 0.6 is 0 Å². The van der Waals surface area contributed by atoms with Gasteiger partial charge in [-0.05, 0) is 43.2 Å². The molecule has 0 radical (unpaired) electrons. The zero-order chi connectivity index (χ0) is 38.5. The van der Waals surface area contributed by atoms with Crippen molar-refractivity contribution in [2.75, 3.05) is 91.5 Å². The van der Waals surface area contributed by atoms with Crippen molar-refractivity contribution >= 4 is 45.2 Å². The number of morpholine rings is 1. The van der Waals surface area contributed by atoms with Gasteiger partial charge < -0.3 is 41.3 Å². The smallest absolute Gasteiger partial charge is 0.264 e. The topological polar surface area (TPSA) is 200 Å². The highest BCUT2D eigenvalue weighted by molar-refractivity contribution is 7.92. The van der Waals surface area contributed by atoms with Gasteiger partial charge in [0.1, 0.15) is 5.75 Å². The first-order valence-corrected chi connectivity index (χ1v) is 20.0. The third-order valence-corrected chi connectivity index (χ3v) is 11.8. The number of anilines is 5. The van der Waals surface area contributed by atoms with Gasteiger partial charge in [0.2, 0.25) is 23.8 Å². The van der Waals surface area contributed by atoms with Crippen LogP contribution in [-0.4, -0.2) is 128 Å². The maximum Gasteiger partial charge on any atom is 0.264 e. The molecular formula is C38H49N11O5S. The van der Waals surface area contributed by atoms with Gasteiger partial charge in [-0.3, -0.25) is 14.0 Å². The molecule has 0 aliphatic carbocycles. The number of nitrogens with zero attached hydrogens (tertiary/aromatic N) is 8. The van der Waals surface area contributed by atoms with Crippen molar-refractivity contribution in [3.8, 4) is 5.75 Å². The Morgan fingerprint density at radius 3 is 2.18 bits per heavy atom. The summed E-state index contributed by atoms with van der Waals surface area (Å²) >= 11 is 0. The van der Waals surface area contributed by atoms with Crippen LogP contribution in [0.4, 0.5) is 29.2 Å². The molecule has 6 N–H and O–H groups in total. The first-order chi connectivity index (χ1) is 26.5. The number of carbonyl (C=O) groups is 1. The van der Waals surface area contributed by atoms with Crippen LogP contribution in [0.25, 0.3) is 0 Å². The van der Waals surface area contributed by atoms with Gasteiger partial charge >= 0.3 is 0 Å². The van der Waals surface area contributed by atoms with E-state index in [-0.39, 0.29) is 46.8 Å². The molecule has 16 nitrogen and oxygen atoms in total. The molecule has 1 amide bonds. The van der Waals surface area contributed by atoms with Gasteiger partial charge in [0.05, 0.1) is 36.9 Å². The van der Waals surface area contributed by atoms with E-state index in [1.807, 2.05) is 47.1 Å². The normalized spacial score (nSPS) is 19.7. The molecule has 3 aliphatic rings. The average molecular weight is 772 g/mol. The van der Waals surface area contributed by atoms with E-state index in [2.05, 4.69) is 15.1 Å². The fraction of sp³-hybridized carbons (Fsp3) is 0.421. The molecule has 55 heavy (non-hydrogen) atoms. The molecule has 3 saturated heterocycles. The number of ether oxygens (including phenoxy) is 1. The van der Waals surface area contributed by atoms with E-state index in [1.54, 1.807) is 36.4 Å². The molecule has 3 aromatic carbocycles. The van der Waals surface area contributed by atoms with Gasteiger partial charge in [0, 0.05) is 76.2 Å². The number of hydrogen-bond donors (Lipinski definition) is 4. The summed E-state index contributed by atoms with van der Waals surface area (Å²) in [6.07, 6.45) is 0.692. The number of phenolic OH excluding ortho intramolecular Hbond substituents is 1. The first kappa shape index (κ1) is 38.2. The number of aromatic hydroxyl groups is 1. The minimum atomic E-state index is -4.07. The Kier molecular flexibility index (Phi) is 11.6. The molecule has 0 unspecified atom stereocenters. The number of piperazine rings is 1. The standard InChI is InChI=1S/C38H49N11O5S/c1-27-7-10-32(11-8-27)55(52,53)49(23-28-5-3-2-4-6-28)33-12-9-31(22-34(33)50)41-36-42-37(44-38(43-36)48-24-29(39)21-30(40)25-48)47-15-13-45(14-16-47)26-35(51)46-17-19-54-20-18-46/h2-12,22,29-30,50H,13-21,23-26,39-40H2,1H3,(H,41,42,43,44)/t29-,30+. The first-order valence-electron chi connectivity index (χ1n) is 18.6. The molecule has 17 heteroatoms. The van der Waals surface area contributed by atoms with Crippen LogP contribution in [0.5, 0.6) is 5.75 Å². The van der Waals surface area contributed by atoms with Gasteiger partial charge in [0.25, 0.3) is 10.0 Å². The molecular weight excluding hydrogens is 723 g/mol. The second-order valence-corrected chi connectivity index (χ2v) is 16.2. The van der Waals surface area contributed by atoms with Crippen LogP contribution in [0.2, 0.25) is 0 Å². The van der Waals surface area contributed by atoms with Crippen molar-refractivity contribution in [3.05, 3.63) is 83.9 Å². The Hall–Kier alpha value is -5.07. The van der Waals surface area contributed by atoms with E-state index in [0.717, 1.165) is 11.1 Å². The number of phenols is 1. The predicted octanol–water partition coefficient (Wildman–Crippen LogP) is 1.87. The fourth-order valence-electron chi connectivity index (χ4n) is 7.07. The summed E-state index contributed by atoms with van der Waals surface area (Å²) < 4.78 is 34.7. The molecule has 0 saturated carbocycles. The van der Waals surface area contributed by atoms with Crippen molar-refractivity contribution in [3.63, 3.8) is 0 Å². The number of aryl methyl sites for hydroxylation is 1. The van der Waals surface area contributed by atoms with Crippen LogP contribution in [0.15, 0.2) is 77.7 Å². The van der Waals surface area contributed by atoms with E-state index < -0.39 is 10.0 Å². The summed E-state index contributed by atoms with van der Waals surface area (Å²) in [5, 5.41) is 14.6. The second-order valence-electron chi connectivity index (χ2n) is 14.3. The molecule has 1 aromatic heterocycles. The summed E-state index contributed by atoms with van der Waals surface area (Å²) in [6, 6.07) is 20.3. The second kappa shape index (κ2) is 16.7. The number of piperidine rings is 1. The van der Waals surface area contributed by atoms with Crippen molar-refractivity contribution < 1.29 is 23.1 Å². The summed E-state index contributed by atoms with van der Waals surface area (Å²) in [4.78, 5) is 35.4. The summed E-state index contributed by atoms with van der Waals surface area (Å²) in [6.45, 7) is 8.16. The fourth-order valence-corrected chi connectivity index (χ4v) is 8.54. The SMILES string of the molecule is Cc1ccc(S(=O)(=O)N(Cc2ccccc2)c2ccc(Nc3nc(N4CCN(CC(=O)N5CCOCC5)CC4)nc(N4C[C@H](N)C[C@H](N)C4)n3)cc2O)cc1. The number of amides is 1. The molecule has 0 spiro atoms. The van der Waals surface area contributed by atoms with E-state index >= 15 is 0 Å².